The zero-order chi connectivity index (χ0) is 16.2. The average molecular weight is 315 g/mol. The molecule has 1 aromatic heterocycles. The molecule has 0 saturated carbocycles. The number of fused-ring (bicyclic) bond motifs is 1. The van der Waals surface area contributed by atoms with E-state index in [4.69, 9.17) is 0 Å². The molecule has 2 heterocycles. The molecule has 1 amide bonds. The second-order valence-electron chi connectivity index (χ2n) is 6.32. The van der Waals surface area contributed by atoms with Crippen LogP contribution >= 0.6 is 0 Å². The van der Waals surface area contributed by atoms with Gasteiger partial charge in [0.25, 0.3) is 0 Å². The lowest BCUT2D eigenvalue weighted by atomic mass is 10.1. The van der Waals surface area contributed by atoms with Crippen LogP contribution in [0.25, 0.3) is 11.0 Å². The molecule has 1 atom stereocenters. The van der Waals surface area contributed by atoms with Gasteiger partial charge in [0, 0.05) is 6.04 Å². The molecule has 2 aromatic rings. The van der Waals surface area contributed by atoms with Crippen LogP contribution in [0, 0.1) is 0 Å². The van der Waals surface area contributed by atoms with Crippen LogP contribution in [-0.2, 0) is 4.79 Å². The smallest absolute Gasteiger partial charge is 0.234 e. The van der Waals surface area contributed by atoms with E-state index in [2.05, 4.69) is 25.5 Å². The Labute approximate surface area is 136 Å². The molecule has 3 N–H and O–H groups in total. The van der Waals surface area contributed by atoms with Crippen molar-refractivity contribution in [1.29, 1.82) is 0 Å². The number of para-hydroxylation sites is 2. The summed E-state index contributed by atoms with van der Waals surface area (Å²) in [4.78, 5) is 22.3. The third-order valence-electron chi connectivity index (χ3n) is 4.52. The zero-order valence-electron chi connectivity index (χ0n) is 13.8. The van der Waals surface area contributed by atoms with E-state index in [1.54, 1.807) is 0 Å². The molecule has 3 rings (SSSR count). The van der Waals surface area contributed by atoms with Crippen LogP contribution in [0.4, 0.5) is 0 Å². The summed E-state index contributed by atoms with van der Waals surface area (Å²) in [5.74, 6) is 0.836. The number of likely N-dealkylation sites (N-methyl/N-ethyl adjacent to an activating group) is 1. The first-order valence-electron chi connectivity index (χ1n) is 8.28. The van der Waals surface area contributed by atoms with Gasteiger partial charge < -0.3 is 15.6 Å². The number of carbonyl (C=O) groups excluding carboxylic acids is 1. The molecule has 1 fully saturated rings. The second kappa shape index (κ2) is 7.10. The van der Waals surface area contributed by atoms with Crippen molar-refractivity contribution in [3.8, 4) is 0 Å². The van der Waals surface area contributed by atoms with E-state index in [1.165, 1.54) is 0 Å². The Balaban J connectivity index is 1.56. The Morgan fingerprint density at radius 1 is 1.39 bits per heavy atom. The van der Waals surface area contributed by atoms with Gasteiger partial charge in [-0.2, -0.15) is 0 Å². The number of rotatable bonds is 5. The molecule has 6 nitrogen and oxygen atoms in total. The number of aromatic nitrogens is 2. The first-order chi connectivity index (χ1) is 11.1. The van der Waals surface area contributed by atoms with Crippen LogP contribution in [0.5, 0.6) is 0 Å². The fourth-order valence-electron chi connectivity index (χ4n) is 3.14. The van der Waals surface area contributed by atoms with Crippen molar-refractivity contribution < 1.29 is 4.79 Å². The fourth-order valence-corrected chi connectivity index (χ4v) is 3.14. The lowest BCUT2D eigenvalue weighted by molar-refractivity contribution is -0.123. The van der Waals surface area contributed by atoms with Crippen LogP contribution in [0.3, 0.4) is 0 Å². The summed E-state index contributed by atoms with van der Waals surface area (Å²) in [5, 5.41) is 6.39. The molecular formula is C17H25N5O. The summed E-state index contributed by atoms with van der Waals surface area (Å²) >= 11 is 0. The molecule has 1 aliphatic rings. The van der Waals surface area contributed by atoms with Gasteiger partial charge in [-0.1, -0.05) is 12.1 Å². The number of nitrogens with one attached hydrogen (secondary N) is 3. The number of H-pyrrole nitrogens is 1. The maximum atomic E-state index is 12.3. The molecule has 124 valence electrons. The SMILES string of the molecule is C[C@@H](NC(=O)CN(C)C1CCNCC1)c1nc2ccccc2[nH]1. The molecule has 0 unspecified atom stereocenters. The molecular weight excluding hydrogens is 290 g/mol. The highest BCUT2D eigenvalue weighted by molar-refractivity contribution is 5.79. The topological polar surface area (TPSA) is 73.1 Å². The van der Waals surface area contributed by atoms with Crippen molar-refractivity contribution in [3.63, 3.8) is 0 Å². The molecule has 0 aliphatic carbocycles. The van der Waals surface area contributed by atoms with Crippen molar-refractivity contribution in [2.24, 2.45) is 0 Å². The van der Waals surface area contributed by atoms with Gasteiger partial charge in [0.15, 0.2) is 0 Å². The highest BCUT2D eigenvalue weighted by Crippen LogP contribution is 2.15. The number of hydrogen-bond donors (Lipinski definition) is 3. The number of nitrogens with zero attached hydrogens (tertiary/aromatic N) is 2. The predicted molar refractivity (Wildman–Crippen MR) is 91.2 cm³/mol. The van der Waals surface area contributed by atoms with Gasteiger partial charge in [-0.3, -0.25) is 9.69 Å². The lowest BCUT2D eigenvalue weighted by Gasteiger charge is -2.31. The van der Waals surface area contributed by atoms with E-state index in [0.717, 1.165) is 42.8 Å². The van der Waals surface area contributed by atoms with Crippen molar-refractivity contribution in [1.82, 2.24) is 25.5 Å². The fraction of sp³-hybridized carbons (Fsp3) is 0.529. The van der Waals surface area contributed by atoms with E-state index >= 15 is 0 Å². The minimum atomic E-state index is -0.128. The summed E-state index contributed by atoms with van der Waals surface area (Å²) in [5.41, 5.74) is 1.92. The molecule has 0 spiro atoms. The molecule has 1 aliphatic heterocycles. The summed E-state index contributed by atoms with van der Waals surface area (Å²) in [6.07, 6.45) is 2.20. The minimum absolute atomic E-state index is 0.0407. The van der Waals surface area contributed by atoms with Crippen LogP contribution in [0.15, 0.2) is 24.3 Å². The van der Waals surface area contributed by atoms with Crippen LogP contribution in [0.1, 0.15) is 31.6 Å². The van der Waals surface area contributed by atoms with E-state index < -0.39 is 0 Å². The summed E-state index contributed by atoms with van der Waals surface area (Å²) in [7, 11) is 2.03. The third-order valence-corrected chi connectivity index (χ3v) is 4.52. The van der Waals surface area contributed by atoms with E-state index in [9.17, 15) is 4.79 Å². The van der Waals surface area contributed by atoms with Gasteiger partial charge in [-0.25, -0.2) is 4.98 Å². The number of benzene rings is 1. The second-order valence-corrected chi connectivity index (χ2v) is 6.32. The molecule has 6 heteroatoms. The third kappa shape index (κ3) is 3.89. The normalized spacial score (nSPS) is 17.5. The Bertz CT molecular complexity index is 629. The highest BCUT2D eigenvalue weighted by atomic mass is 16.2. The molecule has 23 heavy (non-hydrogen) atoms. The van der Waals surface area contributed by atoms with E-state index in [-0.39, 0.29) is 11.9 Å². The van der Waals surface area contributed by atoms with Crippen molar-refractivity contribution in [3.05, 3.63) is 30.1 Å². The van der Waals surface area contributed by atoms with Gasteiger partial charge in [0.1, 0.15) is 5.82 Å². The van der Waals surface area contributed by atoms with Crippen LogP contribution < -0.4 is 10.6 Å². The molecule has 0 radical (unpaired) electrons. The summed E-state index contributed by atoms with van der Waals surface area (Å²) in [6, 6.07) is 8.26. The first-order valence-corrected chi connectivity index (χ1v) is 8.28. The summed E-state index contributed by atoms with van der Waals surface area (Å²) in [6.45, 7) is 4.45. The predicted octanol–water partition coefficient (Wildman–Crippen LogP) is 1.42. The largest absolute Gasteiger partial charge is 0.345 e. The number of imidazole rings is 1. The van der Waals surface area contributed by atoms with Gasteiger partial charge in [-0.15, -0.1) is 0 Å². The maximum absolute atomic E-state index is 12.3. The standard InChI is InChI=1S/C17H25N5O/c1-12(17-20-14-5-3-4-6-15(14)21-17)19-16(23)11-22(2)13-7-9-18-10-8-13/h3-6,12-13,18H,7-11H2,1-2H3,(H,19,23)(H,20,21)/t12-/m1/s1. The Kier molecular flexibility index (Phi) is 4.93. The highest BCUT2D eigenvalue weighted by Gasteiger charge is 2.21. The van der Waals surface area contributed by atoms with Gasteiger partial charge in [0.05, 0.1) is 23.6 Å². The van der Waals surface area contributed by atoms with Crippen LogP contribution in [-0.4, -0.2) is 53.5 Å². The number of piperidine rings is 1. The first kappa shape index (κ1) is 16.0. The van der Waals surface area contributed by atoms with Crippen molar-refractivity contribution in [2.45, 2.75) is 31.8 Å². The number of carbonyl (C=O) groups is 1. The Morgan fingerprint density at radius 3 is 2.87 bits per heavy atom. The van der Waals surface area contributed by atoms with Crippen LogP contribution in [0.2, 0.25) is 0 Å². The van der Waals surface area contributed by atoms with E-state index in [1.807, 2.05) is 38.2 Å². The molecule has 0 bridgehead atoms. The summed E-state index contributed by atoms with van der Waals surface area (Å²) < 4.78 is 0. The number of amides is 1. The minimum Gasteiger partial charge on any atom is -0.345 e. The number of aromatic amines is 1. The molecule has 1 aromatic carbocycles. The Morgan fingerprint density at radius 2 is 2.13 bits per heavy atom. The quantitative estimate of drug-likeness (QED) is 0.780. The van der Waals surface area contributed by atoms with Gasteiger partial charge >= 0.3 is 0 Å². The molecule has 1 saturated heterocycles. The maximum Gasteiger partial charge on any atom is 0.234 e. The Hall–Kier alpha value is -1.92. The lowest BCUT2D eigenvalue weighted by Crippen LogP contribution is -2.45. The van der Waals surface area contributed by atoms with Crippen molar-refractivity contribution in [2.75, 3.05) is 26.7 Å². The van der Waals surface area contributed by atoms with E-state index in [0.29, 0.717) is 12.6 Å². The zero-order valence-corrected chi connectivity index (χ0v) is 13.8. The monoisotopic (exact) mass is 315 g/mol. The average Bonchev–Trinajstić information content (AvgIpc) is 2.99. The van der Waals surface area contributed by atoms with Crippen molar-refractivity contribution >= 4 is 16.9 Å². The van der Waals surface area contributed by atoms with Gasteiger partial charge in [0.2, 0.25) is 5.91 Å². The number of hydrogen-bond acceptors (Lipinski definition) is 4. The van der Waals surface area contributed by atoms with Gasteiger partial charge in [-0.05, 0) is 52.0 Å².